The Morgan fingerprint density at radius 1 is 1.15 bits per heavy atom. The third-order valence-corrected chi connectivity index (χ3v) is 1.77. The third kappa shape index (κ3) is 2.20. The van der Waals surface area contributed by atoms with Crippen LogP contribution in [0.1, 0.15) is 20.7 Å². The summed E-state index contributed by atoms with van der Waals surface area (Å²) in [4.78, 5) is 21.8. The Bertz CT molecular complexity index is 349. The maximum Gasteiger partial charge on any atom is 0.357 e. The number of carbonyl (C=O) groups is 2. The molecule has 0 heterocycles. The summed E-state index contributed by atoms with van der Waals surface area (Å²) in [5.41, 5.74) is 0.132. The number of benzene rings is 1. The lowest BCUT2D eigenvalue weighted by atomic mass is 10.1. The fourth-order valence-electron chi connectivity index (χ4n) is 0.874. The molecule has 0 amide bonds. The van der Waals surface area contributed by atoms with Gasteiger partial charge < -0.3 is 4.29 Å². The molecule has 1 aromatic carbocycles. The Morgan fingerprint density at radius 3 is 2.15 bits per heavy atom. The van der Waals surface area contributed by atoms with Crippen LogP contribution in [-0.2, 0) is 4.29 Å². The molecule has 5 heteroatoms. The molecule has 0 radical (unpaired) electrons. The highest BCUT2D eigenvalue weighted by Gasteiger charge is 2.15. The van der Waals surface area contributed by atoms with Gasteiger partial charge in [-0.3, -0.25) is 4.79 Å². The molecule has 3 nitrogen and oxygen atoms in total. The minimum absolute atomic E-state index is 0.0532. The highest BCUT2D eigenvalue weighted by Crippen LogP contribution is 2.13. The van der Waals surface area contributed by atoms with Gasteiger partial charge in [0.15, 0.2) is 0 Å². The average Bonchev–Trinajstić information content (AvgIpc) is 2.16. The van der Waals surface area contributed by atoms with E-state index in [2.05, 4.69) is 4.29 Å². The molecule has 0 aliphatic carbocycles. The summed E-state index contributed by atoms with van der Waals surface area (Å²) in [5.74, 6) is -0.800. The molecule has 0 saturated heterocycles. The van der Waals surface area contributed by atoms with Crippen LogP contribution < -0.4 is 0 Å². The molecule has 0 aliphatic rings. The molecule has 0 bridgehead atoms. The highest BCUT2D eigenvalue weighted by molar-refractivity contribution is 6.68. The number of halogens is 2. The maximum absolute atomic E-state index is 11.0. The van der Waals surface area contributed by atoms with Crippen molar-refractivity contribution in [2.45, 2.75) is 0 Å². The van der Waals surface area contributed by atoms with Crippen molar-refractivity contribution in [1.29, 1.82) is 0 Å². The van der Waals surface area contributed by atoms with Crippen LogP contribution in [0.3, 0.4) is 0 Å². The summed E-state index contributed by atoms with van der Waals surface area (Å²) < 4.78 is 3.95. The predicted octanol–water partition coefficient (Wildman–Crippen LogP) is 2.38. The van der Waals surface area contributed by atoms with Gasteiger partial charge in [0.2, 0.25) is 0 Å². The molecular weight excluding hydrogens is 215 g/mol. The van der Waals surface area contributed by atoms with E-state index < -0.39 is 11.2 Å². The Balaban J connectivity index is 3.19. The molecule has 0 atom stereocenters. The highest BCUT2D eigenvalue weighted by atomic mass is 35.5. The van der Waals surface area contributed by atoms with Gasteiger partial charge in [-0.15, -0.1) is 0 Å². The molecule has 0 aromatic heterocycles. The summed E-state index contributed by atoms with van der Waals surface area (Å²) in [6.45, 7) is 0. The van der Waals surface area contributed by atoms with E-state index in [0.717, 1.165) is 0 Å². The van der Waals surface area contributed by atoms with Gasteiger partial charge in [0.25, 0.3) is 5.24 Å². The number of hydrogen-bond donors (Lipinski definition) is 0. The van der Waals surface area contributed by atoms with Crippen LogP contribution in [0.15, 0.2) is 24.3 Å². The number of rotatable bonds is 2. The average molecular weight is 219 g/mol. The van der Waals surface area contributed by atoms with Crippen LogP contribution in [0.5, 0.6) is 0 Å². The van der Waals surface area contributed by atoms with Crippen LogP contribution in [0.2, 0.25) is 0 Å². The van der Waals surface area contributed by atoms with E-state index >= 15 is 0 Å². The van der Waals surface area contributed by atoms with Gasteiger partial charge in [0, 0.05) is 5.56 Å². The first-order chi connectivity index (χ1) is 6.16. The van der Waals surface area contributed by atoms with Gasteiger partial charge >= 0.3 is 5.97 Å². The van der Waals surface area contributed by atoms with E-state index in [1.807, 2.05) is 0 Å². The first kappa shape index (κ1) is 10.0. The molecule has 68 valence electrons. The molecule has 0 spiro atoms. The topological polar surface area (TPSA) is 43.4 Å². The van der Waals surface area contributed by atoms with Crippen LogP contribution in [-0.4, -0.2) is 11.2 Å². The van der Waals surface area contributed by atoms with Crippen LogP contribution in [0.25, 0.3) is 0 Å². The smallest absolute Gasteiger partial charge is 0.343 e. The van der Waals surface area contributed by atoms with Crippen molar-refractivity contribution in [3.63, 3.8) is 0 Å². The molecule has 0 N–H and O–H groups in total. The molecule has 0 aliphatic heterocycles. The standard InChI is InChI=1S/C8H4Cl2O3/c9-7(11)5-3-1-2-4-6(5)8(12)13-10/h1-4H. The number of hydrogen-bond acceptors (Lipinski definition) is 3. The lowest BCUT2D eigenvalue weighted by Crippen LogP contribution is -2.05. The van der Waals surface area contributed by atoms with Gasteiger partial charge in [-0.05, 0) is 23.7 Å². The quantitative estimate of drug-likeness (QED) is 0.717. The van der Waals surface area contributed by atoms with E-state index in [4.69, 9.17) is 23.5 Å². The normalized spacial score (nSPS) is 9.38. The van der Waals surface area contributed by atoms with Gasteiger partial charge in [0.1, 0.15) is 11.9 Å². The van der Waals surface area contributed by atoms with Gasteiger partial charge in [-0.2, -0.15) is 0 Å². The summed E-state index contributed by atoms with van der Waals surface area (Å²) >= 11 is 10.1. The zero-order valence-electron chi connectivity index (χ0n) is 6.29. The predicted molar refractivity (Wildman–Crippen MR) is 47.9 cm³/mol. The second kappa shape index (κ2) is 4.25. The molecule has 1 rings (SSSR count). The molecule has 0 unspecified atom stereocenters. The van der Waals surface area contributed by atoms with E-state index in [1.165, 1.54) is 12.1 Å². The lowest BCUT2D eigenvalue weighted by molar-refractivity contribution is 0.0747. The first-order valence-electron chi connectivity index (χ1n) is 3.28. The molecule has 0 saturated carbocycles. The third-order valence-electron chi connectivity index (χ3n) is 1.43. The lowest BCUT2D eigenvalue weighted by Gasteiger charge is -2.00. The van der Waals surface area contributed by atoms with Crippen molar-refractivity contribution in [2.75, 3.05) is 0 Å². The fraction of sp³-hybridized carbons (Fsp3) is 0. The first-order valence-corrected chi connectivity index (χ1v) is 3.97. The summed E-state index contributed by atoms with van der Waals surface area (Å²) in [7, 11) is 0. The maximum atomic E-state index is 11.0. The van der Waals surface area contributed by atoms with Crippen molar-refractivity contribution in [1.82, 2.24) is 0 Å². The zero-order valence-corrected chi connectivity index (χ0v) is 7.80. The Labute approximate surface area is 84.4 Å². The van der Waals surface area contributed by atoms with Crippen molar-refractivity contribution < 1.29 is 13.9 Å². The van der Waals surface area contributed by atoms with Gasteiger partial charge in [0.05, 0.1) is 5.56 Å². The molecule has 1 aromatic rings. The fourth-order valence-corrected chi connectivity index (χ4v) is 1.12. The number of carbonyl (C=O) groups excluding carboxylic acids is 2. The van der Waals surface area contributed by atoms with Crippen molar-refractivity contribution in [2.24, 2.45) is 0 Å². The second-order valence-corrected chi connectivity index (χ2v) is 2.68. The largest absolute Gasteiger partial charge is 0.357 e. The Morgan fingerprint density at radius 2 is 1.69 bits per heavy atom. The van der Waals surface area contributed by atoms with Crippen molar-refractivity contribution in [3.8, 4) is 0 Å². The van der Waals surface area contributed by atoms with Crippen LogP contribution in [0, 0.1) is 0 Å². The summed E-state index contributed by atoms with van der Waals surface area (Å²) in [6, 6.07) is 5.98. The van der Waals surface area contributed by atoms with E-state index in [9.17, 15) is 9.59 Å². The van der Waals surface area contributed by atoms with Crippen molar-refractivity contribution >= 4 is 34.7 Å². The minimum atomic E-state index is -0.800. The zero-order chi connectivity index (χ0) is 9.84. The molecular formula is C8H4Cl2O3. The van der Waals surface area contributed by atoms with Crippen molar-refractivity contribution in [3.05, 3.63) is 35.4 Å². The minimum Gasteiger partial charge on any atom is -0.343 e. The van der Waals surface area contributed by atoms with Gasteiger partial charge in [-0.1, -0.05) is 12.1 Å². The monoisotopic (exact) mass is 218 g/mol. The summed E-state index contributed by atoms with van der Waals surface area (Å²) in [5, 5.41) is -0.724. The SMILES string of the molecule is O=C(Cl)c1ccccc1C(=O)OCl. The molecule has 0 fully saturated rings. The second-order valence-electron chi connectivity index (χ2n) is 2.18. The summed E-state index contributed by atoms with van der Waals surface area (Å²) in [6.07, 6.45) is 0. The van der Waals surface area contributed by atoms with E-state index in [0.29, 0.717) is 0 Å². The van der Waals surface area contributed by atoms with E-state index in [1.54, 1.807) is 12.1 Å². The molecule has 13 heavy (non-hydrogen) atoms. The Kier molecular flexibility index (Phi) is 3.28. The van der Waals surface area contributed by atoms with Crippen LogP contribution >= 0.6 is 23.5 Å². The van der Waals surface area contributed by atoms with Gasteiger partial charge in [-0.25, -0.2) is 4.79 Å². The Hall–Kier alpha value is -1.06. The van der Waals surface area contributed by atoms with Crippen LogP contribution in [0.4, 0.5) is 0 Å². The van der Waals surface area contributed by atoms with E-state index in [-0.39, 0.29) is 11.1 Å².